The molecule has 1 aliphatic heterocycles. The Balaban J connectivity index is 1.50. The predicted molar refractivity (Wildman–Crippen MR) is 120 cm³/mol. The van der Waals surface area contributed by atoms with Gasteiger partial charge in [0.05, 0.1) is 11.4 Å². The normalized spacial score (nSPS) is 14.0. The lowest BCUT2D eigenvalue weighted by Gasteiger charge is -2.16. The van der Waals surface area contributed by atoms with Gasteiger partial charge in [0, 0.05) is 44.9 Å². The maximum Gasteiger partial charge on any atom is 0.251 e. The smallest absolute Gasteiger partial charge is 0.251 e. The fraction of sp³-hybridized carbons (Fsp3) is 0.318. The first-order chi connectivity index (χ1) is 15.2. The Morgan fingerprint density at radius 2 is 1.78 bits per heavy atom. The molecule has 3 rings (SSSR count). The molecule has 0 unspecified atom stereocenters. The van der Waals surface area contributed by atoms with Gasteiger partial charge in [0.15, 0.2) is 0 Å². The van der Waals surface area contributed by atoms with E-state index in [1.54, 1.807) is 4.90 Å². The van der Waals surface area contributed by atoms with Crippen LogP contribution in [0.25, 0.3) is 0 Å². The maximum atomic E-state index is 12.3. The van der Waals surface area contributed by atoms with Gasteiger partial charge in [-0.1, -0.05) is 18.2 Å². The third-order valence-electron chi connectivity index (χ3n) is 5.10. The number of amides is 3. The quantitative estimate of drug-likeness (QED) is 0.615. The van der Waals surface area contributed by atoms with Crippen molar-refractivity contribution in [3.05, 3.63) is 59.7 Å². The number of hydrogen-bond donors (Lipinski definition) is 2. The molecule has 2 N–H and O–H groups in total. The summed E-state index contributed by atoms with van der Waals surface area (Å²) in [5.74, 6) is -0.809. The summed E-state index contributed by atoms with van der Waals surface area (Å²) in [7, 11) is -0.846. The molecule has 0 radical (unpaired) electrons. The minimum atomic E-state index is -3.66. The minimum absolute atomic E-state index is 0.00122. The molecule has 10 heteroatoms. The molecule has 2 aromatic rings. The summed E-state index contributed by atoms with van der Waals surface area (Å²) in [6.45, 7) is 0.752. The first kappa shape index (κ1) is 23.4. The van der Waals surface area contributed by atoms with Crippen molar-refractivity contribution in [1.82, 2.24) is 14.9 Å². The third-order valence-corrected chi connectivity index (χ3v) is 6.91. The molecule has 32 heavy (non-hydrogen) atoms. The van der Waals surface area contributed by atoms with Crippen molar-refractivity contribution < 1.29 is 22.8 Å². The summed E-state index contributed by atoms with van der Waals surface area (Å²) in [4.78, 5) is 38.0. The molecule has 0 aliphatic carbocycles. The third kappa shape index (κ3) is 5.51. The van der Waals surface area contributed by atoms with Crippen molar-refractivity contribution in [1.29, 1.82) is 0 Å². The zero-order valence-corrected chi connectivity index (χ0v) is 18.8. The van der Waals surface area contributed by atoms with Crippen LogP contribution < -0.4 is 15.5 Å². The highest BCUT2D eigenvalue weighted by molar-refractivity contribution is 7.89. The van der Waals surface area contributed by atoms with Gasteiger partial charge in [-0.05, 0) is 42.3 Å². The predicted octanol–water partition coefficient (Wildman–Crippen LogP) is 1.11. The van der Waals surface area contributed by atoms with Crippen LogP contribution in [0.3, 0.4) is 0 Å². The Morgan fingerprint density at radius 3 is 2.41 bits per heavy atom. The van der Waals surface area contributed by atoms with Crippen molar-refractivity contribution in [2.75, 3.05) is 32.1 Å². The highest BCUT2D eigenvalue weighted by atomic mass is 32.2. The number of nitrogens with one attached hydrogen (secondary N) is 2. The number of anilines is 1. The van der Waals surface area contributed by atoms with E-state index in [0.29, 0.717) is 6.42 Å². The number of carbonyl (C=O) groups excluding carboxylic acids is 3. The van der Waals surface area contributed by atoms with Crippen LogP contribution in [0, 0.1) is 0 Å². The van der Waals surface area contributed by atoms with Gasteiger partial charge in [0.2, 0.25) is 21.8 Å². The number of benzene rings is 2. The molecule has 2 aromatic carbocycles. The summed E-state index contributed by atoms with van der Waals surface area (Å²) in [6, 6.07) is 13.0. The molecule has 1 saturated heterocycles. The lowest BCUT2D eigenvalue weighted by Crippen LogP contribution is -2.36. The van der Waals surface area contributed by atoms with Crippen molar-refractivity contribution in [3.8, 4) is 0 Å². The fourth-order valence-electron chi connectivity index (χ4n) is 3.25. The summed E-state index contributed by atoms with van der Waals surface area (Å²) in [5.41, 5.74) is 1.85. The van der Waals surface area contributed by atoms with Crippen molar-refractivity contribution in [2.24, 2.45) is 0 Å². The van der Waals surface area contributed by atoms with Crippen LogP contribution in [0.1, 0.15) is 28.8 Å². The summed E-state index contributed by atoms with van der Waals surface area (Å²) in [6.07, 6.45) is 1.43. The van der Waals surface area contributed by atoms with Gasteiger partial charge >= 0.3 is 0 Å². The van der Waals surface area contributed by atoms with Crippen molar-refractivity contribution in [2.45, 2.75) is 24.3 Å². The number of nitrogens with zero attached hydrogens (tertiary/aromatic N) is 2. The molecule has 3 amide bonds. The highest BCUT2D eigenvalue weighted by Crippen LogP contribution is 2.21. The van der Waals surface area contributed by atoms with E-state index in [2.05, 4.69) is 10.6 Å². The van der Waals surface area contributed by atoms with Crippen LogP contribution in [0.4, 0.5) is 5.69 Å². The van der Waals surface area contributed by atoms with Gasteiger partial charge in [-0.25, -0.2) is 12.7 Å². The average Bonchev–Trinajstić information content (AvgIpc) is 3.22. The highest BCUT2D eigenvalue weighted by Gasteiger charge is 2.21. The van der Waals surface area contributed by atoms with E-state index in [1.165, 1.54) is 38.4 Å². The minimum Gasteiger partial charge on any atom is -0.350 e. The molecular weight excluding hydrogens is 432 g/mol. The van der Waals surface area contributed by atoms with Crippen LogP contribution in [-0.4, -0.2) is 57.6 Å². The zero-order valence-electron chi connectivity index (χ0n) is 18.0. The van der Waals surface area contributed by atoms with Crippen LogP contribution in [0.2, 0.25) is 0 Å². The van der Waals surface area contributed by atoms with Crippen molar-refractivity contribution in [3.63, 3.8) is 0 Å². The van der Waals surface area contributed by atoms with E-state index in [1.807, 2.05) is 24.3 Å². The topological polar surface area (TPSA) is 116 Å². The zero-order chi connectivity index (χ0) is 23.3. The molecule has 0 spiro atoms. The molecule has 170 valence electrons. The lowest BCUT2D eigenvalue weighted by molar-refractivity contribution is -0.120. The monoisotopic (exact) mass is 458 g/mol. The Morgan fingerprint density at radius 1 is 1.06 bits per heavy atom. The Hall–Kier alpha value is -3.24. The largest absolute Gasteiger partial charge is 0.350 e. The molecule has 0 bridgehead atoms. The van der Waals surface area contributed by atoms with E-state index in [-0.39, 0.29) is 35.4 Å². The summed E-state index contributed by atoms with van der Waals surface area (Å²) >= 11 is 0. The van der Waals surface area contributed by atoms with Crippen LogP contribution in [0.15, 0.2) is 53.4 Å². The Labute approximate surface area is 187 Å². The van der Waals surface area contributed by atoms with Gasteiger partial charge in [-0.2, -0.15) is 0 Å². The maximum absolute atomic E-state index is 12.3. The molecule has 0 atom stereocenters. The molecule has 1 fully saturated rings. The standard InChI is InChI=1S/C22H26N4O5S/c1-25(2)32(30,31)19-6-3-5-17(13-19)22(29)24-15-20(27)23-14-16-8-10-18(11-9-16)26-12-4-7-21(26)28/h3,5-6,8-11,13H,4,7,12,14-15H2,1-2H3,(H,23,27)(H,24,29). The molecule has 0 saturated carbocycles. The fourth-order valence-corrected chi connectivity index (χ4v) is 4.20. The van der Waals surface area contributed by atoms with Gasteiger partial charge in [0.25, 0.3) is 5.91 Å². The molecule has 9 nitrogen and oxygen atoms in total. The summed E-state index contributed by atoms with van der Waals surface area (Å²) < 4.78 is 25.5. The first-order valence-electron chi connectivity index (χ1n) is 10.2. The van der Waals surface area contributed by atoms with Crippen LogP contribution in [-0.2, 0) is 26.2 Å². The van der Waals surface area contributed by atoms with E-state index in [0.717, 1.165) is 28.5 Å². The first-order valence-corrected chi connectivity index (χ1v) is 11.6. The second kappa shape index (κ2) is 9.92. The van der Waals surface area contributed by atoms with Gasteiger partial charge in [-0.15, -0.1) is 0 Å². The van der Waals surface area contributed by atoms with E-state index in [9.17, 15) is 22.8 Å². The lowest BCUT2D eigenvalue weighted by atomic mass is 10.2. The second-order valence-corrected chi connectivity index (χ2v) is 9.74. The number of carbonyl (C=O) groups is 3. The number of rotatable bonds is 8. The molecular formula is C22H26N4O5S. The van der Waals surface area contributed by atoms with Gasteiger partial charge in [-0.3, -0.25) is 14.4 Å². The number of hydrogen-bond acceptors (Lipinski definition) is 5. The Kier molecular flexibility index (Phi) is 7.26. The van der Waals surface area contributed by atoms with Crippen LogP contribution >= 0.6 is 0 Å². The van der Waals surface area contributed by atoms with Crippen LogP contribution in [0.5, 0.6) is 0 Å². The van der Waals surface area contributed by atoms with Gasteiger partial charge < -0.3 is 15.5 Å². The van der Waals surface area contributed by atoms with E-state index in [4.69, 9.17) is 0 Å². The number of sulfonamides is 1. The second-order valence-electron chi connectivity index (χ2n) is 7.59. The average molecular weight is 459 g/mol. The Bertz CT molecular complexity index is 1110. The SMILES string of the molecule is CN(C)S(=O)(=O)c1cccc(C(=O)NCC(=O)NCc2ccc(N3CCCC3=O)cc2)c1. The van der Waals surface area contributed by atoms with Crippen molar-refractivity contribution >= 4 is 33.4 Å². The van der Waals surface area contributed by atoms with Gasteiger partial charge in [0.1, 0.15) is 0 Å². The molecule has 1 heterocycles. The molecule has 1 aliphatic rings. The summed E-state index contributed by atoms with van der Waals surface area (Å²) in [5, 5.41) is 5.21. The molecule has 0 aromatic heterocycles. The van der Waals surface area contributed by atoms with E-state index < -0.39 is 15.9 Å². The van der Waals surface area contributed by atoms with E-state index >= 15 is 0 Å².